The number of aliphatic hydroxyl groups is 2. The lowest BCUT2D eigenvalue weighted by Crippen LogP contribution is -2.33. The number of hydrogen-bond donors (Lipinski definition) is 2. The Kier molecular flexibility index (Phi) is 7.34. The van der Waals surface area contributed by atoms with E-state index in [4.69, 9.17) is 4.74 Å². The summed E-state index contributed by atoms with van der Waals surface area (Å²) in [5, 5.41) is 18.7. The topological polar surface area (TPSA) is 66.8 Å². The van der Waals surface area contributed by atoms with Gasteiger partial charge in [0.2, 0.25) is 0 Å². The van der Waals surface area contributed by atoms with Gasteiger partial charge in [-0.1, -0.05) is 19.8 Å². The summed E-state index contributed by atoms with van der Waals surface area (Å²) in [4.78, 5) is 11.7. The standard InChI is InChI=1S/C12H24O4/c1-5-6-7-11(9(3)14)12(15)16-10(4)8(2)13/h8-11,13-14H,5-7H2,1-4H3/t8?,9?,10?,11-/m1/s1. The molecule has 0 rings (SSSR count). The first-order valence-corrected chi connectivity index (χ1v) is 5.96. The van der Waals surface area contributed by atoms with Crippen LogP contribution >= 0.6 is 0 Å². The monoisotopic (exact) mass is 232 g/mol. The number of aliphatic hydroxyl groups excluding tert-OH is 2. The van der Waals surface area contributed by atoms with E-state index in [1.165, 1.54) is 0 Å². The molecule has 0 aliphatic rings. The summed E-state index contributed by atoms with van der Waals surface area (Å²) < 4.78 is 5.08. The van der Waals surface area contributed by atoms with Crippen molar-refractivity contribution in [2.24, 2.45) is 5.92 Å². The van der Waals surface area contributed by atoms with Gasteiger partial charge < -0.3 is 14.9 Å². The van der Waals surface area contributed by atoms with E-state index >= 15 is 0 Å². The van der Waals surface area contributed by atoms with Gasteiger partial charge in [-0.25, -0.2) is 0 Å². The molecule has 0 aromatic heterocycles. The number of carbonyl (C=O) groups is 1. The summed E-state index contributed by atoms with van der Waals surface area (Å²) >= 11 is 0. The van der Waals surface area contributed by atoms with Crippen molar-refractivity contribution < 1.29 is 19.7 Å². The fourth-order valence-electron chi connectivity index (χ4n) is 1.35. The Hall–Kier alpha value is -0.610. The van der Waals surface area contributed by atoms with Crippen LogP contribution in [0.1, 0.15) is 47.0 Å². The zero-order valence-electron chi connectivity index (χ0n) is 10.6. The largest absolute Gasteiger partial charge is 0.460 e. The van der Waals surface area contributed by atoms with E-state index in [1.54, 1.807) is 20.8 Å². The van der Waals surface area contributed by atoms with Crippen molar-refractivity contribution in [3.05, 3.63) is 0 Å². The lowest BCUT2D eigenvalue weighted by molar-refractivity contribution is -0.162. The predicted octanol–water partition coefficient (Wildman–Crippen LogP) is 1.49. The molecular formula is C12H24O4. The van der Waals surface area contributed by atoms with Gasteiger partial charge in [0.05, 0.1) is 18.1 Å². The van der Waals surface area contributed by atoms with Gasteiger partial charge in [0.1, 0.15) is 6.10 Å². The molecule has 0 amide bonds. The molecule has 96 valence electrons. The molecule has 0 aliphatic carbocycles. The molecule has 4 nitrogen and oxygen atoms in total. The quantitative estimate of drug-likeness (QED) is 0.653. The zero-order chi connectivity index (χ0) is 12.7. The first-order chi connectivity index (χ1) is 7.40. The van der Waals surface area contributed by atoms with E-state index in [9.17, 15) is 15.0 Å². The van der Waals surface area contributed by atoms with Crippen molar-refractivity contribution in [1.29, 1.82) is 0 Å². The second kappa shape index (κ2) is 7.63. The van der Waals surface area contributed by atoms with Crippen LogP contribution in [-0.4, -0.2) is 34.5 Å². The minimum Gasteiger partial charge on any atom is -0.460 e. The van der Waals surface area contributed by atoms with Gasteiger partial charge in [-0.2, -0.15) is 0 Å². The molecule has 0 heterocycles. The molecule has 0 fully saturated rings. The Labute approximate surface area is 97.6 Å². The molecule has 0 aliphatic heterocycles. The van der Waals surface area contributed by atoms with Gasteiger partial charge in [-0.05, 0) is 27.2 Å². The summed E-state index contributed by atoms with van der Waals surface area (Å²) in [6, 6.07) is 0. The van der Waals surface area contributed by atoms with Crippen LogP contribution < -0.4 is 0 Å². The van der Waals surface area contributed by atoms with Crippen molar-refractivity contribution in [3.63, 3.8) is 0 Å². The van der Waals surface area contributed by atoms with Gasteiger partial charge in [-0.15, -0.1) is 0 Å². The minimum atomic E-state index is -0.708. The molecule has 3 unspecified atom stereocenters. The molecule has 0 radical (unpaired) electrons. The van der Waals surface area contributed by atoms with Gasteiger partial charge >= 0.3 is 5.97 Å². The maximum absolute atomic E-state index is 11.7. The zero-order valence-corrected chi connectivity index (χ0v) is 10.6. The van der Waals surface area contributed by atoms with Crippen molar-refractivity contribution in [2.45, 2.75) is 65.3 Å². The Morgan fingerprint density at radius 2 is 1.75 bits per heavy atom. The van der Waals surface area contributed by atoms with Gasteiger partial charge in [0.15, 0.2) is 0 Å². The summed E-state index contributed by atoms with van der Waals surface area (Å²) in [6.45, 7) is 6.83. The van der Waals surface area contributed by atoms with Crippen molar-refractivity contribution in [2.75, 3.05) is 0 Å². The molecule has 4 atom stereocenters. The van der Waals surface area contributed by atoms with Crippen molar-refractivity contribution >= 4 is 5.97 Å². The Bertz CT molecular complexity index is 201. The second-order valence-corrected chi connectivity index (χ2v) is 4.37. The molecule has 0 spiro atoms. The van der Waals surface area contributed by atoms with Gasteiger partial charge in [0.25, 0.3) is 0 Å². The van der Waals surface area contributed by atoms with Crippen LogP contribution in [0.15, 0.2) is 0 Å². The van der Waals surface area contributed by atoms with Crippen LogP contribution in [0.4, 0.5) is 0 Å². The normalized spacial score (nSPS) is 18.6. The average molecular weight is 232 g/mol. The first kappa shape index (κ1) is 15.4. The first-order valence-electron chi connectivity index (χ1n) is 5.96. The van der Waals surface area contributed by atoms with Crippen LogP contribution in [0.5, 0.6) is 0 Å². The van der Waals surface area contributed by atoms with Crippen LogP contribution in [0, 0.1) is 5.92 Å². The molecule has 4 heteroatoms. The van der Waals surface area contributed by atoms with E-state index in [0.29, 0.717) is 6.42 Å². The van der Waals surface area contributed by atoms with E-state index < -0.39 is 30.2 Å². The lowest BCUT2D eigenvalue weighted by Gasteiger charge is -2.22. The van der Waals surface area contributed by atoms with Crippen molar-refractivity contribution in [3.8, 4) is 0 Å². The predicted molar refractivity (Wildman–Crippen MR) is 61.9 cm³/mol. The maximum atomic E-state index is 11.7. The third kappa shape index (κ3) is 5.47. The molecule has 0 saturated heterocycles. The molecule has 2 N–H and O–H groups in total. The minimum absolute atomic E-state index is 0.420. The highest BCUT2D eigenvalue weighted by atomic mass is 16.6. The number of carbonyl (C=O) groups excluding carboxylic acids is 1. The number of rotatable bonds is 7. The molecule has 0 bridgehead atoms. The number of unbranched alkanes of at least 4 members (excludes halogenated alkanes) is 1. The van der Waals surface area contributed by atoms with E-state index in [1.807, 2.05) is 6.92 Å². The Morgan fingerprint density at radius 1 is 1.19 bits per heavy atom. The fourth-order valence-corrected chi connectivity index (χ4v) is 1.35. The molecule has 0 aromatic rings. The highest BCUT2D eigenvalue weighted by molar-refractivity contribution is 5.73. The van der Waals surface area contributed by atoms with Crippen molar-refractivity contribution in [1.82, 2.24) is 0 Å². The molecule has 0 saturated carbocycles. The molecular weight excluding hydrogens is 208 g/mol. The van der Waals surface area contributed by atoms with E-state index in [0.717, 1.165) is 12.8 Å². The maximum Gasteiger partial charge on any atom is 0.311 e. The van der Waals surface area contributed by atoms with Crippen LogP contribution in [0.25, 0.3) is 0 Å². The second-order valence-electron chi connectivity index (χ2n) is 4.37. The average Bonchev–Trinajstić information content (AvgIpc) is 2.17. The van der Waals surface area contributed by atoms with Gasteiger partial charge in [0, 0.05) is 0 Å². The number of hydrogen-bond acceptors (Lipinski definition) is 4. The van der Waals surface area contributed by atoms with E-state index in [2.05, 4.69) is 0 Å². The number of ether oxygens (including phenoxy) is 1. The third-order valence-electron chi connectivity index (χ3n) is 2.74. The SMILES string of the molecule is CCCC[C@@H](C(=O)OC(C)C(C)O)C(C)O. The summed E-state index contributed by atoms with van der Waals surface area (Å²) in [5.41, 5.74) is 0. The molecule has 0 aromatic carbocycles. The van der Waals surface area contributed by atoms with Crippen LogP contribution in [-0.2, 0) is 9.53 Å². The third-order valence-corrected chi connectivity index (χ3v) is 2.74. The highest BCUT2D eigenvalue weighted by Crippen LogP contribution is 2.16. The summed E-state index contributed by atoms with van der Waals surface area (Å²) in [5.74, 6) is -0.905. The molecule has 16 heavy (non-hydrogen) atoms. The summed E-state index contributed by atoms with van der Waals surface area (Å²) in [7, 11) is 0. The summed E-state index contributed by atoms with van der Waals surface area (Å²) in [6.07, 6.45) is 0.552. The van der Waals surface area contributed by atoms with Crippen LogP contribution in [0.3, 0.4) is 0 Å². The van der Waals surface area contributed by atoms with Gasteiger partial charge in [-0.3, -0.25) is 4.79 Å². The highest BCUT2D eigenvalue weighted by Gasteiger charge is 2.26. The lowest BCUT2D eigenvalue weighted by atomic mass is 9.97. The smallest absolute Gasteiger partial charge is 0.311 e. The van der Waals surface area contributed by atoms with E-state index in [-0.39, 0.29) is 0 Å². The fraction of sp³-hybridized carbons (Fsp3) is 0.917. The number of esters is 1. The van der Waals surface area contributed by atoms with Crippen LogP contribution in [0.2, 0.25) is 0 Å². The Balaban J connectivity index is 4.27. The Morgan fingerprint density at radius 3 is 2.12 bits per heavy atom.